The summed E-state index contributed by atoms with van der Waals surface area (Å²) in [6, 6.07) is 7.18. The van der Waals surface area contributed by atoms with Crippen molar-refractivity contribution in [3.63, 3.8) is 0 Å². The van der Waals surface area contributed by atoms with Gasteiger partial charge in [-0.15, -0.1) is 0 Å². The lowest BCUT2D eigenvalue weighted by atomic mass is 10.1. The van der Waals surface area contributed by atoms with Crippen LogP contribution in [-0.2, 0) is 9.84 Å². The molecule has 2 heterocycles. The van der Waals surface area contributed by atoms with Gasteiger partial charge in [0.05, 0.1) is 11.5 Å². The Labute approximate surface area is 158 Å². The fourth-order valence-electron chi connectivity index (χ4n) is 3.30. The van der Waals surface area contributed by atoms with Gasteiger partial charge in [-0.05, 0) is 37.3 Å². The highest BCUT2D eigenvalue weighted by Gasteiger charge is 2.34. The average Bonchev–Trinajstić information content (AvgIpc) is 3.25. The van der Waals surface area contributed by atoms with Crippen molar-refractivity contribution in [2.75, 3.05) is 24.3 Å². The highest BCUT2D eigenvalue weighted by atomic mass is 32.2. The van der Waals surface area contributed by atoms with Crippen LogP contribution in [0.1, 0.15) is 30.1 Å². The van der Waals surface area contributed by atoms with Crippen molar-refractivity contribution in [2.45, 2.75) is 31.0 Å². The van der Waals surface area contributed by atoms with Crippen LogP contribution in [0.15, 0.2) is 41.8 Å². The Hall–Kier alpha value is -1.80. The molecule has 140 valence electrons. The summed E-state index contributed by atoms with van der Waals surface area (Å²) in [6.07, 6.45) is 6.86. The zero-order chi connectivity index (χ0) is 18.7. The number of sulfone groups is 1. The van der Waals surface area contributed by atoms with Gasteiger partial charge in [-0.1, -0.05) is 24.8 Å². The number of thioether (sulfide) groups is 1. The molecule has 1 aliphatic rings. The summed E-state index contributed by atoms with van der Waals surface area (Å²) >= 11 is 1.54. The van der Waals surface area contributed by atoms with Gasteiger partial charge in [0, 0.05) is 36.2 Å². The van der Waals surface area contributed by atoms with Gasteiger partial charge in [-0.25, -0.2) is 13.4 Å². The van der Waals surface area contributed by atoms with E-state index in [2.05, 4.69) is 4.98 Å². The number of aromatic nitrogens is 2. The predicted octanol–water partition coefficient (Wildman–Crippen LogP) is 2.63. The molecule has 1 aromatic carbocycles. The van der Waals surface area contributed by atoms with Crippen LogP contribution in [0.2, 0.25) is 0 Å². The van der Waals surface area contributed by atoms with E-state index in [1.54, 1.807) is 17.2 Å². The Morgan fingerprint density at radius 2 is 2.23 bits per heavy atom. The Morgan fingerprint density at radius 1 is 1.42 bits per heavy atom. The van der Waals surface area contributed by atoms with Gasteiger partial charge < -0.3 is 4.90 Å². The molecule has 3 rings (SSSR count). The van der Waals surface area contributed by atoms with Crippen LogP contribution in [0.5, 0.6) is 0 Å². The zero-order valence-corrected chi connectivity index (χ0v) is 16.6. The molecule has 2 aromatic rings. The molecule has 1 aliphatic heterocycles. The lowest BCUT2D eigenvalue weighted by Gasteiger charge is -2.28. The number of carbonyl (C=O) groups excluding carboxylic acids is 1. The molecule has 1 atom stereocenters. The van der Waals surface area contributed by atoms with Crippen molar-refractivity contribution >= 4 is 27.5 Å². The first-order valence-electron chi connectivity index (χ1n) is 8.64. The SMILES string of the molecule is CCCN(C(=O)c1cccc(-n2ccnc2SC)c1)C1CCS(=O)(=O)C1. The molecule has 8 heteroatoms. The van der Waals surface area contributed by atoms with Crippen LogP contribution < -0.4 is 0 Å². The van der Waals surface area contributed by atoms with Crippen molar-refractivity contribution in [1.82, 2.24) is 14.5 Å². The summed E-state index contributed by atoms with van der Waals surface area (Å²) in [4.78, 5) is 19.1. The first-order valence-corrected chi connectivity index (χ1v) is 11.7. The molecule has 1 aromatic heterocycles. The minimum Gasteiger partial charge on any atom is -0.335 e. The number of amides is 1. The molecular formula is C18H23N3O3S2. The summed E-state index contributed by atoms with van der Waals surface area (Å²) < 4.78 is 25.6. The van der Waals surface area contributed by atoms with Gasteiger partial charge in [0.25, 0.3) is 5.91 Å². The van der Waals surface area contributed by atoms with E-state index in [1.165, 1.54) is 11.8 Å². The molecule has 6 nitrogen and oxygen atoms in total. The number of nitrogens with zero attached hydrogens (tertiary/aromatic N) is 3. The van der Waals surface area contributed by atoms with E-state index in [0.29, 0.717) is 18.5 Å². The number of hydrogen-bond donors (Lipinski definition) is 0. The van der Waals surface area contributed by atoms with Crippen molar-refractivity contribution in [2.24, 2.45) is 0 Å². The van der Waals surface area contributed by atoms with E-state index in [9.17, 15) is 13.2 Å². The van der Waals surface area contributed by atoms with Gasteiger partial charge in [-0.2, -0.15) is 0 Å². The smallest absolute Gasteiger partial charge is 0.254 e. The maximum absolute atomic E-state index is 13.1. The number of imidazole rings is 1. The standard InChI is InChI=1S/C18H23N3O3S2/c1-3-9-20(16-7-11-26(23,24)13-16)17(22)14-5-4-6-15(12-14)21-10-8-19-18(21)25-2/h4-6,8,10,12,16H,3,7,9,11,13H2,1-2H3. The quantitative estimate of drug-likeness (QED) is 0.706. The molecule has 1 fully saturated rings. The van der Waals surface area contributed by atoms with E-state index in [4.69, 9.17) is 0 Å². The predicted molar refractivity (Wildman–Crippen MR) is 104 cm³/mol. The van der Waals surface area contributed by atoms with Crippen molar-refractivity contribution in [1.29, 1.82) is 0 Å². The molecule has 1 unspecified atom stereocenters. The lowest BCUT2D eigenvalue weighted by molar-refractivity contribution is 0.0697. The number of rotatable bonds is 6. The van der Waals surface area contributed by atoms with E-state index in [-0.39, 0.29) is 23.5 Å². The molecule has 0 saturated carbocycles. The monoisotopic (exact) mass is 393 g/mol. The fraction of sp³-hybridized carbons (Fsp3) is 0.444. The van der Waals surface area contributed by atoms with E-state index in [0.717, 1.165) is 17.3 Å². The molecule has 0 bridgehead atoms. The third-order valence-electron chi connectivity index (χ3n) is 4.54. The van der Waals surface area contributed by atoms with Crippen molar-refractivity contribution < 1.29 is 13.2 Å². The first kappa shape index (κ1) is 19.0. The van der Waals surface area contributed by atoms with Crippen LogP contribution >= 0.6 is 11.8 Å². The Kier molecular flexibility index (Phi) is 5.72. The van der Waals surface area contributed by atoms with Gasteiger partial charge in [0.15, 0.2) is 15.0 Å². The molecule has 26 heavy (non-hydrogen) atoms. The highest BCUT2D eigenvalue weighted by molar-refractivity contribution is 7.98. The van der Waals surface area contributed by atoms with Gasteiger partial charge in [0.2, 0.25) is 0 Å². The van der Waals surface area contributed by atoms with E-state index in [1.807, 2.05) is 42.1 Å². The number of benzene rings is 1. The molecule has 1 amide bonds. The van der Waals surface area contributed by atoms with E-state index < -0.39 is 9.84 Å². The third kappa shape index (κ3) is 3.96. The van der Waals surface area contributed by atoms with Crippen molar-refractivity contribution in [3.8, 4) is 5.69 Å². The topological polar surface area (TPSA) is 72.3 Å². The molecule has 0 radical (unpaired) electrons. The summed E-state index contributed by atoms with van der Waals surface area (Å²) in [5.74, 6) is 0.120. The maximum atomic E-state index is 13.1. The second kappa shape index (κ2) is 7.84. The van der Waals surface area contributed by atoms with Crippen LogP contribution in [0.3, 0.4) is 0 Å². The second-order valence-electron chi connectivity index (χ2n) is 6.39. The van der Waals surface area contributed by atoms with Gasteiger partial charge >= 0.3 is 0 Å². The highest BCUT2D eigenvalue weighted by Crippen LogP contribution is 2.23. The molecule has 0 N–H and O–H groups in total. The minimum absolute atomic E-state index is 0.0660. The van der Waals surface area contributed by atoms with Crippen LogP contribution in [0.25, 0.3) is 5.69 Å². The zero-order valence-electron chi connectivity index (χ0n) is 15.0. The Balaban J connectivity index is 1.89. The Morgan fingerprint density at radius 3 is 2.88 bits per heavy atom. The van der Waals surface area contributed by atoms with Crippen molar-refractivity contribution in [3.05, 3.63) is 42.2 Å². The molecular weight excluding hydrogens is 370 g/mol. The summed E-state index contributed by atoms with van der Waals surface area (Å²) in [5, 5.41) is 0.849. The first-order chi connectivity index (χ1) is 12.4. The summed E-state index contributed by atoms with van der Waals surface area (Å²) in [5.41, 5.74) is 1.44. The van der Waals surface area contributed by atoms with Crippen LogP contribution in [0.4, 0.5) is 0 Å². The van der Waals surface area contributed by atoms with E-state index >= 15 is 0 Å². The van der Waals surface area contributed by atoms with Crippen LogP contribution in [0, 0.1) is 0 Å². The lowest BCUT2D eigenvalue weighted by Crippen LogP contribution is -2.41. The molecule has 0 aliphatic carbocycles. The summed E-state index contributed by atoms with van der Waals surface area (Å²) in [7, 11) is -3.04. The minimum atomic E-state index is -3.04. The molecule has 1 saturated heterocycles. The Bertz CT molecular complexity index is 893. The number of carbonyl (C=O) groups is 1. The maximum Gasteiger partial charge on any atom is 0.254 e. The summed E-state index contributed by atoms with van der Waals surface area (Å²) in [6.45, 7) is 2.56. The normalized spacial score (nSPS) is 18.8. The molecule has 0 spiro atoms. The van der Waals surface area contributed by atoms with Gasteiger partial charge in [-0.3, -0.25) is 9.36 Å². The van der Waals surface area contributed by atoms with Gasteiger partial charge in [0.1, 0.15) is 0 Å². The fourth-order valence-corrected chi connectivity index (χ4v) is 5.56. The number of hydrogen-bond acceptors (Lipinski definition) is 5. The average molecular weight is 394 g/mol. The van der Waals surface area contributed by atoms with Crippen LogP contribution in [-0.4, -0.2) is 59.1 Å². The second-order valence-corrected chi connectivity index (χ2v) is 9.39. The third-order valence-corrected chi connectivity index (χ3v) is 6.95. The largest absolute Gasteiger partial charge is 0.335 e.